The van der Waals surface area contributed by atoms with E-state index in [9.17, 15) is 9.59 Å². The molecule has 7 nitrogen and oxygen atoms in total. The van der Waals surface area contributed by atoms with Gasteiger partial charge in [0.2, 0.25) is 11.8 Å². The fraction of sp³-hybridized carbons (Fsp3) is 0.600. The Morgan fingerprint density at radius 1 is 1.15 bits per heavy atom. The lowest BCUT2D eigenvalue weighted by atomic mass is 9.99. The summed E-state index contributed by atoms with van der Waals surface area (Å²) in [6.07, 6.45) is 2.23. The molecule has 7 heteroatoms. The minimum absolute atomic E-state index is 0.00390. The Balaban J connectivity index is 1.81. The number of carbonyl (C=O) groups excluding carboxylic acids is 2. The smallest absolute Gasteiger partial charge is 0.223 e. The maximum absolute atomic E-state index is 12.2. The largest absolute Gasteiger partial charge is 0.493 e. The van der Waals surface area contributed by atoms with Crippen molar-refractivity contribution in [3.63, 3.8) is 0 Å². The van der Waals surface area contributed by atoms with Crippen molar-refractivity contribution in [1.29, 1.82) is 0 Å². The zero-order chi connectivity index (χ0) is 19.6. The van der Waals surface area contributed by atoms with Crippen LogP contribution in [0.15, 0.2) is 18.2 Å². The highest BCUT2D eigenvalue weighted by atomic mass is 16.5. The molecule has 2 amide bonds. The summed E-state index contributed by atoms with van der Waals surface area (Å²) in [4.78, 5) is 25.8. The Labute approximate surface area is 161 Å². The summed E-state index contributed by atoms with van der Waals surface area (Å²) in [5, 5.41) is 2.94. The molecule has 1 aliphatic rings. The molecule has 1 N–H and O–H groups in total. The highest BCUT2D eigenvalue weighted by Gasteiger charge is 2.21. The zero-order valence-corrected chi connectivity index (χ0v) is 16.5. The molecular formula is C20H30N2O5. The summed E-state index contributed by atoms with van der Waals surface area (Å²) in [7, 11) is 3.20. The third-order valence-electron chi connectivity index (χ3n) is 4.84. The average Bonchev–Trinajstić information content (AvgIpc) is 2.70. The molecule has 1 saturated heterocycles. The standard InChI is InChI=1S/C20H30N2O5/c1-15(23)22(11-9-21-20(24)17-7-12-27-13-8-17)10-6-16-4-5-18(25-2)19(14-16)26-3/h4-5,14,17H,6-13H2,1-3H3,(H,21,24). The van der Waals surface area contributed by atoms with Gasteiger partial charge in [0.25, 0.3) is 0 Å². The molecule has 1 aromatic rings. The topological polar surface area (TPSA) is 77.1 Å². The second-order valence-corrected chi connectivity index (χ2v) is 6.62. The first-order chi connectivity index (χ1) is 13.0. The van der Waals surface area contributed by atoms with E-state index in [0.717, 1.165) is 18.4 Å². The third kappa shape index (κ3) is 6.43. The number of hydrogen-bond acceptors (Lipinski definition) is 5. The van der Waals surface area contributed by atoms with Gasteiger partial charge in [0.15, 0.2) is 11.5 Å². The summed E-state index contributed by atoms with van der Waals surface area (Å²) < 4.78 is 15.8. The molecule has 1 heterocycles. The average molecular weight is 378 g/mol. The molecule has 0 atom stereocenters. The molecule has 150 valence electrons. The number of nitrogens with zero attached hydrogens (tertiary/aromatic N) is 1. The Hall–Kier alpha value is -2.28. The van der Waals surface area contributed by atoms with Gasteiger partial charge in [-0.3, -0.25) is 9.59 Å². The maximum atomic E-state index is 12.2. The monoisotopic (exact) mass is 378 g/mol. The van der Waals surface area contributed by atoms with Crippen LogP contribution in [0.25, 0.3) is 0 Å². The predicted octanol–water partition coefficient (Wildman–Crippen LogP) is 1.64. The molecule has 27 heavy (non-hydrogen) atoms. The normalized spacial score (nSPS) is 14.5. The molecular weight excluding hydrogens is 348 g/mol. The summed E-state index contributed by atoms with van der Waals surface area (Å²) in [5.74, 6) is 1.43. The van der Waals surface area contributed by atoms with E-state index >= 15 is 0 Å². The van der Waals surface area contributed by atoms with Gasteiger partial charge in [-0.15, -0.1) is 0 Å². The highest BCUT2D eigenvalue weighted by Crippen LogP contribution is 2.27. The number of benzene rings is 1. The van der Waals surface area contributed by atoms with Crippen LogP contribution >= 0.6 is 0 Å². The van der Waals surface area contributed by atoms with Crippen molar-refractivity contribution >= 4 is 11.8 Å². The summed E-state index contributed by atoms with van der Waals surface area (Å²) in [6.45, 7) is 4.37. The van der Waals surface area contributed by atoms with E-state index in [0.29, 0.717) is 50.8 Å². The van der Waals surface area contributed by atoms with E-state index in [1.54, 1.807) is 26.0 Å². The summed E-state index contributed by atoms with van der Waals surface area (Å²) in [6, 6.07) is 5.75. The van der Waals surface area contributed by atoms with Gasteiger partial charge in [-0.2, -0.15) is 0 Å². The number of carbonyl (C=O) groups is 2. The first-order valence-corrected chi connectivity index (χ1v) is 9.37. The van der Waals surface area contributed by atoms with Crippen molar-refractivity contribution in [2.24, 2.45) is 5.92 Å². The van der Waals surface area contributed by atoms with Crippen molar-refractivity contribution in [2.45, 2.75) is 26.2 Å². The van der Waals surface area contributed by atoms with Crippen LogP contribution in [0.5, 0.6) is 11.5 Å². The summed E-state index contributed by atoms with van der Waals surface area (Å²) in [5.41, 5.74) is 1.06. The summed E-state index contributed by atoms with van der Waals surface area (Å²) >= 11 is 0. The number of ether oxygens (including phenoxy) is 3. The van der Waals surface area contributed by atoms with E-state index in [1.165, 1.54) is 0 Å². The van der Waals surface area contributed by atoms with E-state index in [4.69, 9.17) is 14.2 Å². The van der Waals surface area contributed by atoms with Crippen LogP contribution in [0.1, 0.15) is 25.3 Å². The van der Waals surface area contributed by atoms with Crippen LogP contribution < -0.4 is 14.8 Å². The van der Waals surface area contributed by atoms with Crippen LogP contribution in [-0.2, 0) is 20.7 Å². The molecule has 0 aromatic heterocycles. The van der Waals surface area contributed by atoms with Crippen LogP contribution in [0.3, 0.4) is 0 Å². The maximum Gasteiger partial charge on any atom is 0.223 e. The minimum Gasteiger partial charge on any atom is -0.493 e. The predicted molar refractivity (Wildman–Crippen MR) is 102 cm³/mol. The van der Waals surface area contributed by atoms with Crippen LogP contribution in [0, 0.1) is 5.92 Å². The quantitative estimate of drug-likeness (QED) is 0.707. The van der Waals surface area contributed by atoms with Gasteiger partial charge in [0.05, 0.1) is 14.2 Å². The van der Waals surface area contributed by atoms with Gasteiger partial charge in [-0.25, -0.2) is 0 Å². The van der Waals surface area contributed by atoms with E-state index in [-0.39, 0.29) is 17.7 Å². The zero-order valence-electron chi connectivity index (χ0n) is 16.5. The first-order valence-electron chi connectivity index (χ1n) is 9.37. The molecule has 0 saturated carbocycles. The van der Waals surface area contributed by atoms with Crippen molar-refractivity contribution in [3.8, 4) is 11.5 Å². The molecule has 1 fully saturated rings. The van der Waals surface area contributed by atoms with Gasteiger partial charge in [-0.05, 0) is 37.0 Å². The lowest BCUT2D eigenvalue weighted by Crippen LogP contribution is -2.41. The SMILES string of the molecule is COc1ccc(CCN(CCNC(=O)C2CCOCC2)C(C)=O)cc1OC. The lowest BCUT2D eigenvalue weighted by molar-refractivity contribution is -0.131. The Morgan fingerprint density at radius 2 is 1.85 bits per heavy atom. The van der Waals surface area contributed by atoms with E-state index in [1.807, 2.05) is 18.2 Å². The van der Waals surface area contributed by atoms with Crippen molar-refractivity contribution in [2.75, 3.05) is 47.1 Å². The van der Waals surface area contributed by atoms with Gasteiger partial charge in [0, 0.05) is 45.7 Å². The molecule has 0 spiro atoms. The second-order valence-electron chi connectivity index (χ2n) is 6.62. The van der Waals surface area contributed by atoms with Crippen molar-refractivity contribution < 1.29 is 23.8 Å². The van der Waals surface area contributed by atoms with Crippen LogP contribution in [-0.4, -0.2) is 63.8 Å². The van der Waals surface area contributed by atoms with Crippen molar-refractivity contribution in [3.05, 3.63) is 23.8 Å². The number of nitrogens with one attached hydrogen (secondary N) is 1. The Bertz CT molecular complexity index is 629. The molecule has 0 aliphatic carbocycles. The Morgan fingerprint density at radius 3 is 2.48 bits per heavy atom. The highest BCUT2D eigenvalue weighted by molar-refractivity contribution is 5.78. The van der Waals surface area contributed by atoms with Gasteiger partial charge in [-0.1, -0.05) is 6.07 Å². The molecule has 0 bridgehead atoms. The number of methoxy groups -OCH3 is 2. The van der Waals surface area contributed by atoms with Gasteiger partial charge in [0.1, 0.15) is 0 Å². The number of amides is 2. The lowest BCUT2D eigenvalue weighted by Gasteiger charge is -2.24. The fourth-order valence-electron chi connectivity index (χ4n) is 3.15. The van der Waals surface area contributed by atoms with E-state index in [2.05, 4.69) is 5.32 Å². The molecule has 2 rings (SSSR count). The van der Waals surface area contributed by atoms with Crippen LogP contribution in [0.2, 0.25) is 0 Å². The molecule has 0 radical (unpaired) electrons. The van der Waals surface area contributed by atoms with E-state index < -0.39 is 0 Å². The van der Waals surface area contributed by atoms with Crippen LogP contribution in [0.4, 0.5) is 0 Å². The number of hydrogen-bond donors (Lipinski definition) is 1. The first kappa shape index (κ1) is 21.0. The van der Waals surface area contributed by atoms with Gasteiger partial charge >= 0.3 is 0 Å². The molecule has 0 unspecified atom stereocenters. The van der Waals surface area contributed by atoms with Gasteiger partial charge < -0.3 is 24.4 Å². The third-order valence-corrected chi connectivity index (χ3v) is 4.84. The fourth-order valence-corrected chi connectivity index (χ4v) is 3.15. The molecule has 1 aliphatic heterocycles. The minimum atomic E-state index is -0.00390. The number of rotatable bonds is 9. The Kier molecular flexibility index (Phi) is 8.39. The second kappa shape index (κ2) is 10.8. The van der Waals surface area contributed by atoms with Crippen molar-refractivity contribution in [1.82, 2.24) is 10.2 Å². The molecule has 1 aromatic carbocycles.